The van der Waals surface area contributed by atoms with Crippen LogP contribution in [0.25, 0.3) is 11.0 Å². The maximum Gasteiger partial charge on any atom is 0.419 e. The van der Waals surface area contributed by atoms with Crippen molar-refractivity contribution in [3.63, 3.8) is 0 Å². The van der Waals surface area contributed by atoms with Gasteiger partial charge in [0.1, 0.15) is 17.1 Å². The minimum Gasteiger partial charge on any atom is -0.493 e. The summed E-state index contributed by atoms with van der Waals surface area (Å²) in [5.74, 6) is -0.231. The van der Waals surface area contributed by atoms with Gasteiger partial charge in [-0.3, -0.25) is 4.79 Å². The van der Waals surface area contributed by atoms with Gasteiger partial charge in [0.2, 0.25) is 0 Å². The largest absolute Gasteiger partial charge is 0.493 e. The highest BCUT2D eigenvalue weighted by Crippen LogP contribution is 2.38. The van der Waals surface area contributed by atoms with Crippen LogP contribution in [0.15, 0.2) is 46.9 Å². The SMILES string of the molecule is CCCCc1oc2ccccc2c1C(=O)c1ccc(OCCC)c(C(F)(F)F)c1. The molecule has 0 aliphatic heterocycles. The fourth-order valence-electron chi connectivity index (χ4n) is 3.23. The van der Waals surface area contributed by atoms with Crippen LogP contribution in [0.4, 0.5) is 13.2 Å². The molecule has 29 heavy (non-hydrogen) atoms. The van der Waals surface area contributed by atoms with E-state index in [9.17, 15) is 18.0 Å². The molecule has 0 aliphatic carbocycles. The number of carbonyl (C=O) groups excluding carboxylic acids is 1. The highest BCUT2D eigenvalue weighted by Gasteiger charge is 2.35. The summed E-state index contributed by atoms with van der Waals surface area (Å²) in [5, 5.41) is 0.614. The number of carbonyl (C=O) groups is 1. The van der Waals surface area contributed by atoms with E-state index in [0.717, 1.165) is 18.9 Å². The van der Waals surface area contributed by atoms with Crippen LogP contribution in [0.2, 0.25) is 0 Å². The maximum absolute atomic E-state index is 13.6. The monoisotopic (exact) mass is 404 g/mol. The standard InChI is InChI=1S/C23H23F3O3/c1-3-5-9-20-21(16-8-6-7-10-18(16)29-20)22(27)15-11-12-19(28-13-4-2)17(14-15)23(24,25)26/h6-8,10-12,14H,3-5,9,13H2,1-2H3. The summed E-state index contributed by atoms with van der Waals surface area (Å²) in [6.45, 7) is 4.01. The van der Waals surface area contributed by atoms with Gasteiger partial charge in [-0.2, -0.15) is 13.2 Å². The zero-order chi connectivity index (χ0) is 21.0. The first-order valence-electron chi connectivity index (χ1n) is 9.76. The number of aryl methyl sites for hydroxylation is 1. The molecule has 6 heteroatoms. The van der Waals surface area contributed by atoms with Crippen LogP contribution < -0.4 is 4.74 Å². The van der Waals surface area contributed by atoms with Crippen molar-refractivity contribution in [2.75, 3.05) is 6.61 Å². The molecule has 0 aliphatic rings. The number of ether oxygens (including phenoxy) is 1. The molecule has 0 N–H and O–H groups in total. The Hall–Kier alpha value is -2.76. The minimum atomic E-state index is -4.62. The molecule has 0 amide bonds. The second-order valence-electron chi connectivity index (χ2n) is 6.89. The van der Waals surface area contributed by atoms with Crippen molar-refractivity contribution >= 4 is 16.8 Å². The number of ketones is 1. The molecule has 3 aromatic rings. The lowest BCUT2D eigenvalue weighted by Gasteiger charge is -2.15. The molecule has 0 saturated carbocycles. The van der Waals surface area contributed by atoms with E-state index in [2.05, 4.69) is 0 Å². The van der Waals surface area contributed by atoms with E-state index in [-0.39, 0.29) is 17.9 Å². The van der Waals surface area contributed by atoms with Crippen LogP contribution in [0.3, 0.4) is 0 Å². The van der Waals surface area contributed by atoms with Crippen LogP contribution in [-0.4, -0.2) is 12.4 Å². The van der Waals surface area contributed by atoms with E-state index in [0.29, 0.717) is 35.1 Å². The number of furan rings is 1. The van der Waals surface area contributed by atoms with Gasteiger partial charge in [0, 0.05) is 17.4 Å². The fraction of sp³-hybridized carbons (Fsp3) is 0.348. The second-order valence-corrected chi connectivity index (χ2v) is 6.89. The van der Waals surface area contributed by atoms with Gasteiger partial charge < -0.3 is 9.15 Å². The minimum absolute atomic E-state index is 0.0366. The molecule has 1 heterocycles. The van der Waals surface area contributed by atoms with Crippen molar-refractivity contribution in [1.29, 1.82) is 0 Å². The van der Waals surface area contributed by atoms with E-state index < -0.39 is 17.5 Å². The van der Waals surface area contributed by atoms with Gasteiger partial charge in [0.05, 0.1) is 17.7 Å². The van der Waals surface area contributed by atoms with E-state index in [4.69, 9.17) is 9.15 Å². The Morgan fingerprint density at radius 3 is 2.52 bits per heavy atom. The molecule has 0 unspecified atom stereocenters. The van der Waals surface area contributed by atoms with Gasteiger partial charge in [-0.05, 0) is 37.1 Å². The number of hydrogen-bond donors (Lipinski definition) is 0. The summed E-state index contributed by atoms with van der Waals surface area (Å²) in [6, 6.07) is 10.6. The van der Waals surface area contributed by atoms with Gasteiger partial charge in [-0.1, -0.05) is 38.5 Å². The summed E-state index contributed by atoms with van der Waals surface area (Å²) in [7, 11) is 0. The third kappa shape index (κ3) is 4.47. The van der Waals surface area contributed by atoms with Crippen LogP contribution in [0.1, 0.15) is 60.4 Å². The molecule has 0 spiro atoms. The number of fused-ring (bicyclic) bond motifs is 1. The number of hydrogen-bond acceptors (Lipinski definition) is 3. The summed E-state index contributed by atoms with van der Waals surface area (Å²) < 4.78 is 51.7. The van der Waals surface area contributed by atoms with Gasteiger partial charge in [-0.25, -0.2) is 0 Å². The lowest BCUT2D eigenvalue weighted by Crippen LogP contribution is -2.12. The summed E-state index contributed by atoms with van der Waals surface area (Å²) in [4.78, 5) is 13.2. The quantitative estimate of drug-likeness (QED) is 0.387. The van der Waals surface area contributed by atoms with Crippen LogP contribution in [-0.2, 0) is 12.6 Å². The molecule has 0 fully saturated rings. The smallest absolute Gasteiger partial charge is 0.419 e. The molecular weight excluding hydrogens is 381 g/mol. The number of rotatable bonds is 8. The number of unbranched alkanes of at least 4 members (excludes halogenated alkanes) is 1. The van der Waals surface area contributed by atoms with E-state index in [1.807, 2.05) is 13.8 Å². The average Bonchev–Trinajstić information content (AvgIpc) is 3.07. The fourth-order valence-corrected chi connectivity index (χ4v) is 3.23. The lowest BCUT2D eigenvalue weighted by molar-refractivity contribution is -0.139. The Kier molecular flexibility index (Phi) is 6.30. The maximum atomic E-state index is 13.6. The number of para-hydroxylation sites is 1. The van der Waals surface area contributed by atoms with Crippen LogP contribution in [0, 0.1) is 0 Å². The summed E-state index contributed by atoms with van der Waals surface area (Å²) in [6.07, 6.45) is -1.76. The molecule has 0 radical (unpaired) electrons. The van der Waals surface area contributed by atoms with E-state index in [1.165, 1.54) is 12.1 Å². The lowest BCUT2D eigenvalue weighted by atomic mass is 9.96. The first kappa shape index (κ1) is 21.0. The number of alkyl halides is 3. The third-order valence-electron chi connectivity index (χ3n) is 4.66. The topological polar surface area (TPSA) is 39.4 Å². The van der Waals surface area contributed by atoms with Gasteiger partial charge in [0.15, 0.2) is 5.78 Å². The van der Waals surface area contributed by atoms with Gasteiger partial charge in [-0.15, -0.1) is 0 Å². The molecule has 1 aromatic heterocycles. The molecular formula is C23H23F3O3. The third-order valence-corrected chi connectivity index (χ3v) is 4.66. The van der Waals surface area contributed by atoms with Crippen molar-refractivity contribution in [3.05, 3.63) is 64.9 Å². The normalized spacial score (nSPS) is 11.8. The Morgan fingerprint density at radius 1 is 1.07 bits per heavy atom. The van der Waals surface area contributed by atoms with Crippen molar-refractivity contribution in [2.45, 2.75) is 45.7 Å². The molecule has 0 atom stereocenters. The zero-order valence-corrected chi connectivity index (χ0v) is 16.4. The summed E-state index contributed by atoms with van der Waals surface area (Å²) >= 11 is 0. The average molecular weight is 404 g/mol. The molecule has 154 valence electrons. The Labute approximate surface area is 167 Å². The van der Waals surface area contributed by atoms with Gasteiger partial charge >= 0.3 is 6.18 Å². The molecule has 0 bridgehead atoms. The van der Waals surface area contributed by atoms with Crippen molar-refractivity contribution in [1.82, 2.24) is 0 Å². The number of halogens is 3. The number of benzene rings is 2. The van der Waals surface area contributed by atoms with Crippen molar-refractivity contribution in [2.24, 2.45) is 0 Å². The Balaban J connectivity index is 2.08. The Bertz CT molecular complexity index is 1000. The highest BCUT2D eigenvalue weighted by atomic mass is 19.4. The van der Waals surface area contributed by atoms with E-state index >= 15 is 0 Å². The first-order valence-corrected chi connectivity index (χ1v) is 9.76. The Morgan fingerprint density at radius 2 is 1.83 bits per heavy atom. The molecule has 3 rings (SSSR count). The van der Waals surface area contributed by atoms with Crippen LogP contribution >= 0.6 is 0 Å². The van der Waals surface area contributed by atoms with E-state index in [1.54, 1.807) is 24.3 Å². The molecule has 0 saturated heterocycles. The van der Waals surface area contributed by atoms with Crippen molar-refractivity contribution < 1.29 is 27.1 Å². The predicted molar refractivity (Wildman–Crippen MR) is 105 cm³/mol. The predicted octanol–water partition coefficient (Wildman–Crippen LogP) is 6.81. The van der Waals surface area contributed by atoms with Crippen molar-refractivity contribution in [3.8, 4) is 5.75 Å². The van der Waals surface area contributed by atoms with Crippen LogP contribution in [0.5, 0.6) is 5.75 Å². The molecule has 3 nitrogen and oxygen atoms in total. The van der Waals surface area contributed by atoms with Gasteiger partial charge in [0.25, 0.3) is 0 Å². The second kappa shape index (κ2) is 8.72. The first-order chi connectivity index (χ1) is 13.9. The zero-order valence-electron chi connectivity index (χ0n) is 16.4. The summed E-state index contributed by atoms with van der Waals surface area (Å²) in [5.41, 5.74) is -0.0875. The highest BCUT2D eigenvalue weighted by molar-refractivity contribution is 6.17. The molecule has 2 aromatic carbocycles.